The fraction of sp³-hybridized carbons (Fsp3) is 0.250. The van der Waals surface area contributed by atoms with E-state index in [9.17, 15) is 9.59 Å². The van der Waals surface area contributed by atoms with E-state index in [1.807, 2.05) is 6.07 Å². The molecule has 6 heteroatoms. The quantitative estimate of drug-likeness (QED) is 0.821. The van der Waals surface area contributed by atoms with Crippen LogP contribution in [0.25, 0.3) is 0 Å². The van der Waals surface area contributed by atoms with Crippen molar-refractivity contribution in [2.24, 2.45) is 5.41 Å². The highest BCUT2D eigenvalue weighted by Gasteiger charge is 2.36. The van der Waals surface area contributed by atoms with Crippen molar-refractivity contribution in [3.8, 4) is 6.07 Å². The Morgan fingerprint density at radius 2 is 2.06 bits per heavy atom. The zero-order valence-electron chi connectivity index (χ0n) is 9.82. The minimum atomic E-state index is -1.58. The Labute approximate surface area is 109 Å². The van der Waals surface area contributed by atoms with Crippen LogP contribution in [-0.2, 0) is 9.59 Å². The lowest BCUT2D eigenvalue weighted by molar-refractivity contribution is -0.151. The average molecular weight is 267 g/mol. The summed E-state index contributed by atoms with van der Waals surface area (Å²) in [5.41, 5.74) is -1.04. The minimum Gasteiger partial charge on any atom is -0.480 e. The van der Waals surface area contributed by atoms with Crippen LogP contribution < -0.4 is 5.32 Å². The summed E-state index contributed by atoms with van der Waals surface area (Å²) in [6, 6.07) is 6.25. The number of nitrogens with one attached hydrogen (secondary N) is 1. The Morgan fingerprint density at radius 3 is 2.56 bits per heavy atom. The normalized spacial score (nSPS) is 10.6. The molecular formula is C12H11ClN2O3. The third-order valence-corrected chi connectivity index (χ3v) is 2.78. The summed E-state index contributed by atoms with van der Waals surface area (Å²) in [5, 5.41) is 20.3. The molecule has 94 valence electrons. The van der Waals surface area contributed by atoms with Crippen molar-refractivity contribution in [3.63, 3.8) is 0 Å². The maximum absolute atomic E-state index is 11.8. The van der Waals surface area contributed by atoms with Crippen LogP contribution in [0.1, 0.15) is 19.4 Å². The van der Waals surface area contributed by atoms with Crippen LogP contribution >= 0.6 is 11.6 Å². The molecule has 2 N–H and O–H groups in total. The van der Waals surface area contributed by atoms with E-state index in [1.54, 1.807) is 0 Å². The zero-order chi connectivity index (χ0) is 13.9. The first-order valence-electron chi connectivity index (χ1n) is 5.03. The molecule has 1 aromatic carbocycles. The lowest BCUT2D eigenvalue weighted by Gasteiger charge is -2.18. The molecule has 0 aliphatic heterocycles. The molecule has 1 rings (SSSR count). The van der Waals surface area contributed by atoms with E-state index in [0.717, 1.165) is 0 Å². The van der Waals surface area contributed by atoms with Crippen LogP contribution in [0.4, 0.5) is 5.69 Å². The number of hydrogen-bond acceptors (Lipinski definition) is 3. The highest BCUT2D eigenvalue weighted by Crippen LogP contribution is 2.25. The van der Waals surface area contributed by atoms with Crippen molar-refractivity contribution >= 4 is 29.2 Å². The van der Waals surface area contributed by atoms with Gasteiger partial charge in [0.15, 0.2) is 0 Å². The standard InChI is InChI=1S/C12H11ClN2O3/c1-12(2,11(17)18)10(16)15-9-5-7(6-14)3-4-8(9)13/h3-5H,1-2H3,(H,15,16)(H,17,18). The molecule has 0 aromatic heterocycles. The highest BCUT2D eigenvalue weighted by atomic mass is 35.5. The fourth-order valence-electron chi connectivity index (χ4n) is 1.07. The molecule has 0 heterocycles. The molecule has 0 atom stereocenters. The molecule has 0 spiro atoms. The number of carboxylic acids is 1. The van der Waals surface area contributed by atoms with Crippen molar-refractivity contribution in [3.05, 3.63) is 28.8 Å². The number of nitrogens with zero attached hydrogens (tertiary/aromatic N) is 1. The van der Waals surface area contributed by atoms with Gasteiger partial charge in [0.05, 0.1) is 22.3 Å². The number of carbonyl (C=O) groups is 2. The second-order valence-electron chi connectivity index (χ2n) is 4.19. The molecule has 0 aliphatic carbocycles. The number of halogens is 1. The molecule has 0 radical (unpaired) electrons. The van der Waals surface area contributed by atoms with E-state index in [4.69, 9.17) is 22.0 Å². The molecule has 0 unspecified atom stereocenters. The number of aliphatic carboxylic acids is 1. The minimum absolute atomic E-state index is 0.218. The summed E-state index contributed by atoms with van der Waals surface area (Å²) in [6.07, 6.45) is 0. The molecular weight excluding hydrogens is 256 g/mol. The average Bonchev–Trinajstić information content (AvgIpc) is 2.31. The Bertz CT molecular complexity index is 547. The van der Waals surface area contributed by atoms with E-state index in [0.29, 0.717) is 5.56 Å². The SMILES string of the molecule is CC(C)(C(=O)O)C(=O)Nc1cc(C#N)ccc1Cl. The van der Waals surface area contributed by atoms with Crippen LogP contribution in [0, 0.1) is 16.7 Å². The van der Waals surface area contributed by atoms with E-state index in [-0.39, 0.29) is 10.7 Å². The van der Waals surface area contributed by atoms with Gasteiger partial charge in [-0.2, -0.15) is 5.26 Å². The number of anilines is 1. The predicted molar refractivity (Wildman–Crippen MR) is 66.2 cm³/mol. The first kappa shape index (κ1) is 14.0. The Hall–Kier alpha value is -2.06. The number of nitriles is 1. The maximum Gasteiger partial charge on any atom is 0.318 e. The molecule has 18 heavy (non-hydrogen) atoms. The largest absolute Gasteiger partial charge is 0.480 e. The first-order chi connectivity index (χ1) is 8.28. The van der Waals surface area contributed by atoms with Gasteiger partial charge >= 0.3 is 5.97 Å². The molecule has 0 fully saturated rings. The molecule has 0 aliphatic rings. The van der Waals surface area contributed by atoms with Gasteiger partial charge in [0.1, 0.15) is 5.41 Å². The van der Waals surface area contributed by atoms with Crippen molar-refractivity contribution in [2.45, 2.75) is 13.8 Å². The van der Waals surface area contributed by atoms with Crippen LogP contribution in [0.2, 0.25) is 5.02 Å². The van der Waals surface area contributed by atoms with Crippen molar-refractivity contribution in [1.82, 2.24) is 0 Å². The van der Waals surface area contributed by atoms with Gasteiger partial charge < -0.3 is 10.4 Å². The molecule has 1 aromatic rings. The van der Waals surface area contributed by atoms with Crippen LogP contribution in [0.15, 0.2) is 18.2 Å². The second-order valence-corrected chi connectivity index (χ2v) is 4.60. The molecule has 1 amide bonds. The lowest BCUT2D eigenvalue weighted by atomic mass is 9.92. The van der Waals surface area contributed by atoms with Crippen LogP contribution in [0.5, 0.6) is 0 Å². The van der Waals surface area contributed by atoms with Crippen molar-refractivity contribution in [1.29, 1.82) is 5.26 Å². The summed E-state index contributed by atoms with van der Waals surface area (Å²) >= 11 is 5.86. The summed E-state index contributed by atoms with van der Waals surface area (Å²) in [5.74, 6) is -1.94. The first-order valence-corrected chi connectivity index (χ1v) is 5.41. The van der Waals surface area contributed by atoms with Gasteiger partial charge in [0.25, 0.3) is 0 Å². The van der Waals surface area contributed by atoms with Gasteiger partial charge in [-0.05, 0) is 32.0 Å². The van der Waals surface area contributed by atoms with Gasteiger partial charge in [-0.25, -0.2) is 0 Å². The molecule has 0 saturated heterocycles. The third-order valence-electron chi connectivity index (χ3n) is 2.45. The van der Waals surface area contributed by atoms with E-state index in [2.05, 4.69) is 5.32 Å². The Balaban J connectivity index is 3.02. The van der Waals surface area contributed by atoms with Gasteiger partial charge in [0, 0.05) is 0 Å². The topological polar surface area (TPSA) is 90.2 Å². The maximum atomic E-state index is 11.8. The number of amides is 1. The fourth-order valence-corrected chi connectivity index (χ4v) is 1.23. The van der Waals surface area contributed by atoms with E-state index >= 15 is 0 Å². The highest BCUT2D eigenvalue weighted by molar-refractivity contribution is 6.34. The smallest absolute Gasteiger partial charge is 0.318 e. The van der Waals surface area contributed by atoms with Crippen LogP contribution in [0.3, 0.4) is 0 Å². The van der Waals surface area contributed by atoms with Gasteiger partial charge in [-0.1, -0.05) is 11.6 Å². The number of carbonyl (C=O) groups excluding carboxylic acids is 1. The molecule has 5 nitrogen and oxygen atoms in total. The molecule has 0 saturated carbocycles. The number of rotatable bonds is 3. The van der Waals surface area contributed by atoms with Crippen molar-refractivity contribution < 1.29 is 14.7 Å². The summed E-state index contributed by atoms with van der Waals surface area (Å²) in [6.45, 7) is 2.57. The van der Waals surface area contributed by atoms with Gasteiger partial charge in [-0.3, -0.25) is 9.59 Å². The summed E-state index contributed by atoms with van der Waals surface area (Å²) in [4.78, 5) is 22.7. The third kappa shape index (κ3) is 2.79. The summed E-state index contributed by atoms with van der Waals surface area (Å²) < 4.78 is 0. The van der Waals surface area contributed by atoms with Gasteiger partial charge in [-0.15, -0.1) is 0 Å². The molecule has 0 bridgehead atoms. The van der Waals surface area contributed by atoms with Gasteiger partial charge in [0.2, 0.25) is 5.91 Å². The number of hydrogen-bond donors (Lipinski definition) is 2. The zero-order valence-corrected chi connectivity index (χ0v) is 10.6. The Kier molecular flexibility index (Phi) is 3.94. The second kappa shape index (κ2) is 5.07. The Morgan fingerprint density at radius 1 is 1.44 bits per heavy atom. The van der Waals surface area contributed by atoms with Crippen molar-refractivity contribution in [2.75, 3.05) is 5.32 Å². The number of carboxylic acid groups (broad SMARTS) is 1. The lowest BCUT2D eigenvalue weighted by Crippen LogP contribution is -2.37. The van der Waals surface area contributed by atoms with E-state index < -0.39 is 17.3 Å². The number of benzene rings is 1. The van der Waals surface area contributed by atoms with E-state index in [1.165, 1.54) is 32.0 Å². The summed E-state index contributed by atoms with van der Waals surface area (Å²) in [7, 11) is 0. The van der Waals surface area contributed by atoms with Crippen LogP contribution in [-0.4, -0.2) is 17.0 Å². The predicted octanol–water partition coefficient (Wildman–Crippen LogP) is 2.26. The monoisotopic (exact) mass is 266 g/mol.